The molecule has 1 aliphatic rings. The molecule has 0 atom stereocenters. The summed E-state index contributed by atoms with van der Waals surface area (Å²) < 4.78 is 13.9. The van der Waals surface area contributed by atoms with Crippen molar-refractivity contribution in [2.45, 2.75) is 6.42 Å². The molecule has 0 saturated carbocycles. The SMILES string of the molecule is O=C(CCN1CCN(c2ccccc2F)CC1)Nc1cccc2cccnc12. The van der Waals surface area contributed by atoms with E-state index in [1.165, 1.54) is 6.07 Å². The van der Waals surface area contributed by atoms with Crippen LogP contribution in [0.1, 0.15) is 6.42 Å². The number of hydrogen-bond acceptors (Lipinski definition) is 4. The van der Waals surface area contributed by atoms with Gasteiger partial charge in [-0.25, -0.2) is 4.39 Å². The lowest BCUT2D eigenvalue weighted by Crippen LogP contribution is -2.47. The molecule has 2 heterocycles. The molecule has 2 aromatic carbocycles. The predicted molar refractivity (Wildman–Crippen MR) is 110 cm³/mol. The van der Waals surface area contributed by atoms with Gasteiger partial charge in [-0.05, 0) is 24.3 Å². The lowest BCUT2D eigenvalue weighted by Gasteiger charge is -2.36. The number of nitrogens with zero attached hydrogens (tertiary/aromatic N) is 3. The van der Waals surface area contributed by atoms with Crippen molar-refractivity contribution in [1.29, 1.82) is 0 Å². The summed E-state index contributed by atoms with van der Waals surface area (Å²) in [6.07, 6.45) is 2.15. The van der Waals surface area contributed by atoms with Crippen molar-refractivity contribution in [3.05, 3.63) is 66.6 Å². The Bertz CT molecular complexity index is 964. The second kappa shape index (κ2) is 8.35. The molecule has 4 rings (SSSR count). The number of fused-ring (bicyclic) bond motifs is 1. The third-order valence-electron chi connectivity index (χ3n) is 5.13. The van der Waals surface area contributed by atoms with Gasteiger partial charge in [0.05, 0.1) is 16.9 Å². The van der Waals surface area contributed by atoms with Crippen LogP contribution in [-0.2, 0) is 4.79 Å². The maximum Gasteiger partial charge on any atom is 0.225 e. The number of para-hydroxylation sites is 2. The van der Waals surface area contributed by atoms with Gasteiger partial charge >= 0.3 is 0 Å². The number of amides is 1. The lowest BCUT2D eigenvalue weighted by molar-refractivity contribution is -0.116. The number of rotatable bonds is 5. The second-order valence-electron chi connectivity index (χ2n) is 6.96. The molecule has 0 spiro atoms. The molecule has 1 fully saturated rings. The van der Waals surface area contributed by atoms with Gasteiger partial charge in [-0.1, -0.05) is 30.3 Å². The Morgan fingerprint density at radius 1 is 1.00 bits per heavy atom. The molecule has 144 valence electrons. The molecule has 1 N–H and O–H groups in total. The molecule has 1 saturated heterocycles. The largest absolute Gasteiger partial charge is 0.367 e. The molecule has 0 bridgehead atoms. The molecule has 3 aromatic rings. The third kappa shape index (κ3) is 4.12. The van der Waals surface area contributed by atoms with E-state index in [-0.39, 0.29) is 11.7 Å². The molecule has 1 aliphatic heterocycles. The molecule has 5 nitrogen and oxygen atoms in total. The predicted octanol–water partition coefficient (Wildman–Crippen LogP) is 3.52. The maximum absolute atomic E-state index is 13.9. The van der Waals surface area contributed by atoms with Crippen molar-refractivity contribution < 1.29 is 9.18 Å². The first kappa shape index (κ1) is 18.4. The van der Waals surface area contributed by atoms with E-state index in [1.54, 1.807) is 12.3 Å². The van der Waals surface area contributed by atoms with Crippen LogP contribution >= 0.6 is 0 Å². The zero-order valence-electron chi connectivity index (χ0n) is 15.6. The van der Waals surface area contributed by atoms with Gasteiger partial charge in [0.2, 0.25) is 5.91 Å². The standard InChI is InChI=1S/C22H23FN4O/c23-18-7-1-2-9-20(18)27-15-13-26(14-16-27)12-10-21(28)25-19-8-3-5-17-6-4-11-24-22(17)19/h1-9,11H,10,12-16H2,(H,25,28). The van der Waals surface area contributed by atoms with Crippen LogP contribution in [0.15, 0.2) is 60.8 Å². The van der Waals surface area contributed by atoms with E-state index in [0.29, 0.717) is 18.7 Å². The topological polar surface area (TPSA) is 48.5 Å². The highest BCUT2D eigenvalue weighted by molar-refractivity contribution is 6.00. The van der Waals surface area contributed by atoms with Gasteiger partial charge < -0.3 is 10.2 Å². The van der Waals surface area contributed by atoms with Crippen molar-refractivity contribution in [2.24, 2.45) is 0 Å². The zero-order chi connectivity index (χ0) is 19.3. The number of aromatic nitrogens is 1. The summed E-state index contributed by atoms with van der Waals surface area (Å²) in [5.41, 5.74) is 2.20. The quantitative estimate of drug-likeness (QED) is 0.738. The zero-order valence-corrected chi connectivity index (χ0v) is 15.6. The molecular formula is C22H23FN4O. The molecule has 28 heavy (non-hydrogen) atoms. The smallest absolute Gasteiger partial charge is 0.225 e. The summed E-state index contributed by atoms with van der Waals surface area (Å²) in [5.74, 6) is -0.200. The van der Waals surface area contributed by atoms with Gasteiger partial charge in [-0.2, -0.15) is 0 Å². The molecule has 6 heteroatoms. The van der Waals surface area contributed by atoms with E-state index >= 15 is 0 Å². The number of piperazine rings is 1. The molecular weight excluding hydrogens is 355 g/mol. The van der Waals surface area contributed by atoms with Gasteiger partial charge in [-0.3, -0.25) is 14.7 Å². The highest BCUT2D eigenvalue weighted by Gasteiger charge is 2.19. The van der Waals surface area contributed by atoms with Crippen LogP contribution in [0.5, 0.6) is 0 Å². The lowest BCUT2D eigenvalue weighted by atomic mass is 10.2. The third-order valence-corrected chi connectivity index (χ3v) is 5.13. The van der Waals surface area contributed by atoms with Crippen molar-refractivity contribution in [3.8, 4) is 0 Å². The van der Waals surface area contributed by atoms with Crippen LogP contribution in [0, 0.1) is 5.82 Å². The molecule has 0 radical (unpaired) electrons. The van der Waals surface area contributed by atoms with Crippen LogP contribution < -0.4 is 10.2 Å². The van der Waals surface area contributed by atoms with Crippen molar-refractivity contribution in [2.75, 3.05) is 42.9 Å². The number of anilines is 2. The maximum atomic E-state index is 13.9. The average Bonchev–Trinajstić information content (AvgIpc) is 2.73. The van der Waals surface area contributed by atoms with Gasteiger partial charge in [0.25, 0.3) is 0 Å². The number of halogens is 1. The van der Waals surface area contributed by atoms with E-state index in [9.17, 15) is 9.18 Å². The number of benzene rings is 2. The summed E-state index contributed by atoms with van der Waals surface area (Å²) in [7, 11) is 0. The highest BCUT2D eigenvalue weighted by Crippen LogP contribution is 2.22. The minimum atomic E-state index is -0.181. The Morgan fingerprint density at radius 3 is 2.61 bits per heavy atom. The Kier molecular flexibility index (Phi) is 5.48. The number of carbonyl (C=O) groups excluding carboxylic acids is 1. The van der Waals surface area contributed by atoms with Crippen molar-refractivity contribution in [3.63, 3.8) is 0 Å². The Balaban J connectivity index is 1.28. The minimum absolute atomic E-state index is 0.0188. The van der Waals surface area contributed by atoms with E-state index in [1.807, 2.05) is 42.5 Å². The number of hydrogen-bond donors (Lipinski definition) is 1. The fraction of sp³-hybridized carbons (Fsp3) is 0.273. The fourth-order valence-electron chi connectivity index (χ4n) is 3.60. The van der Waals surface area contributed by atoms with Crippen molar-refractivity contribution >= 4 is 28.2 Å². The Labute approximate surface area is 163 Å². The van der Waals surface area contributed by atoms with Crippen LogP contribution in [-0.4, -0.2) is 48.5 Å². The van der Waals surface area contributed by atoms with Gasteiger partial charge in [0.15, 0.2) is 0 Å². The monoisotopic (exact) mass is 378 g/mol. The van der Waals surface area contributed by atoms with Crippen LogP contribution in [0.4, 0.5) is 15.8 Å². The Morgan fingerprint density at radius 2 is 1.79 bits per heavy atom. The number of pyridine rings is 1. The van der Waals surface area contributed by atoms with E-state index in [0.717, 1.165) is 42.8 Å². The summed E-state index contributed by atoms with van der Waals surface area (Å²) >= 11 is 0. The number of carbonyl (C=O) groups is 1. The average molecular weight is 378 g/mol. The normalized spacial score (nSPS) is 15.0. The van der Waals surface area contributed by atoms with Crippen LogP contribution in [0.3, 0.4) is 0 Å². The van der Waals surface area contributed by atoms with Crippen LogP contribution in [0.2, 0.25) is 0 Å². The number of nitrogens with one attached hydrogen (secondary N) is 1. The van der Waals surface area contributed by atoms with Gasteiger partial charge in [-0.15, -0.1) is 0 Å². The summed E-state index contributed by atoms with van der Waals surface area (Å²) in [6.45, 7) is 3.84. The first-order valence-corrected chi connectivity index (χ1v) is 9.56. The van der Waals surface area contributed by atoms with E-state index in [4.69, 9.17) is 0 Å². The molecule has 0 unspecified atom stereocenters. The molecule has 1 amide bonds. The van der Waals surface area contributed by atoms with E-state index < -0.39 is 0 Å². The summed E-state index contributed by atoms with van der Waals surface area (Å²) in [5, 5.41) is 3.98. The Hall–Kier alpha value is -2.99. The first-order valence-electron chi connectivity index (χ1n) is 9.56. The first-order chi connectivity index (χ1) is 13.7. The summed E-state index contributed by atoms with van der Waals surface area (Å²) in [6, 6.07) is 16.5. The van der Waals surface area contributed by atoms with E-state index in [2.05, 4.69) is 20.1 Å². The molecule has 0 aliphatic carbocycles. The fourth-order valence-corrected chi connectivity index (χ4v) is 3.60. The molecule has 1 aromatic heterocycles. The summed E-state index contributed by atoms with van der Waals surface area (Å²) in [4.78, 5) is 21.1. The highest BCUT2D eigenvalue weighted by atomic mass is 19.1. The second-order valence-corrected chi connectivity index (χ2v) is 6.96. The van der Waals surface area contributed by atoms with Crippen molar-refractivity contribution in [1.82, 2.24) is 9.88 Å². The van der Waals surface area contributed by atoms with Crippen LogP contribution in [0.25, 0.3) is 10.9 Å². The van der Waals surface area contributed by atoms with Gasteiger partial charge in [0.1, 0.15) is 5.82 Å². The minimum Gasteiger partial charge on any atom is -0.367 e. The van der Waals surface area contributed by atoms with Gasteiger partial charge in [0, 0.05) is 50.7 Å².